The average molecular weight is 351 g/mol. The minimum absolute atomic E-state index is 0.222. The Morgan fingerprint density at radius 2 is 1.57 bits per heavy atom. The molecule has 0 atom stereocenters. The molecule has 2 aromatic rings. The van der Waals surface area contributed by atoms with E-state index in [1.165, 1.54) is 0 Å². The second-order valence-electron chi connectivity index (χ2n) is 4.58. The van der Waals surface area contributed by atoms with Crippen molar-refractivity contribution in [2.75, 3.05) is 0 Å². The third-order valence-corrected chi connectivity index (χ3v) is 4.37. The summed E-state index contributed by atoms with van der Waals surface area (Å²) in [6.45, 7) is -0.535. The molecule has 0 heterocycles. The number of hydrogen-bond donors (Lipinski definition) is 1. The Morgan fingerprint density at radius 1 is 0.957 bits per heavy atom. The highest BCUT2D eigenvalue weighted by molar-refractivity contribution is 7.89. The predicted octanol–water partition coefficient (Wildman–Crippen LogP) is 3.46. The largest absolute Gasteiger partial charge is 0.416 e. The van der Waals surface area contributed by atoms with Gasteiger partial charge in [0.25, 0.3) is 0 Å². The second-order valence-corrected chi connectivity index (χ2v) is 6.35. The smallest absolute Gasteiger partial charge is 0.207 e. The van der Waals surface area contributed by atoms with Crippen molar-refractivity contribution in [3.8, 4) is 0 Å². The summed E-state index contributed by atoms with van der Waals surface area (Å²) in [4.78, 5) is -0.415. The van der Waals surface area contributed by atoms with E-state index in [2.05, 4.69) is 0 Å². The molecule has 0 amide bonds. The van der Waals surface area contributed by atoms with Crippen LogP contribution in [0, 0.1) is 11.6 Å². The summed E-state index contributed by atoms with van der Waals surface area (Å²) >= 11 is 0. The quantitative estimate of drug-likeness (QED) is 0.858. The molecule has 0 aromatic heterocycles. The molecule has 0 aliphatic carbocycles. The van der Waals surface area contributed by atoms with Crippen LogP contribution in [0.1, 0.15) is 11.1 Å². The molecule has 0 unspecified atom stereocenters. The van der Waals surface area contributed by atoms with Gasteiger partial charge < -0.3 is 0 Å². The Hall–Kier alpha value is -2.00. The van der Waals surface area contributed by atoms with Gasteiger partial charge >= 0.3 is 6.18 Å². The third-order valence-electron chi connectivity index (χ3n) is 2.95. The Balaban J connectivity index is 2.17. The minimum atomic E-state index is -4.58. The lowest BCUT2D eigenvalue weighted by molar-refractivity contribution is -0.137. The number of sulfonamides is 1. The fraction of sp³-hybridized carbons (Fsp3) is 0.143. The van der Waals surface area contributed by atoms with Gasteiger partial charge in [-0.1, -0.05) is 0 Å². The highest BCUT2D eigenvalue weighted by atomic mass is 32.2. The van der Waals surface area contributed by atoms with Gasteiger partial charge in [-0.2, -0.15) is 13.2 Å². The van der Waals surface area contributed by atoms with Crippen LogP contribution in [0.25, 0.3) is 0 Å². The summed E-state index contributed by atoms with van der Waals surface area (Å²) in [6, 6.07) is 5.36. The molecule has 0 fully saturated rings. The van der Waals surface area contributed by atoms with Gasteiger partial charge in [-0.05, 0) is 42.5 Å². The number of nitrogens with one attached hydrogen (secondary N) is 1. The Bertz CT molecular complexity index is 801. The van der Waals surface area contributed by atoms with Gasteiger partial charge in [0.1, 0.15) is 11.6 Å². The number of halogens is 5. The molecule has 9 heteroatoms. The lowest BCUT2D eigenvalue weighted by atomic mass is 10.2. The molecule has 2 aromatic carbocycles. The molecule has 3 nitrogen and oxygen atoms in total. The van der Waals surface area contributed by atoms with Gasteiger partial charge in [-0.25, -0.2) is 21.9 Å². The van der Waals surface area contributed by atoms with E-state index in [4.69, 9.17) is 0 Å². The third kappa shape index (κ3) is 4.26. The first-order valence-electron chi connectivity index (χ1n) is 6.20. The van der Waals surface area contributed by atoms with Crippen LogP contribution in [-0.4, -0.2) is 8.42 Å². The topological polar surface area (TPSA) is 46.2 Å². The molecular formula is C14H10F5NO2S. The van der Waals surface area contributed by atoms with Gasteiger partial charge in [0.05, 0.1) is 10.5 Å². The van der Waals surface area contributed by atoms with Crippen molar-refractivity contribution < 1.29 is 30.4 Å². The summed E-state index contributed by atoms with van der Waals surface area (Å²) < 4.78 is 89.6. The highest BCUT2D eigenvalue weighted by Crippen LogP contribution is 2.29. The van der Waals surface area contributed by atoms with Crippen molar-refractivity contribution in [2.45, 2.75) is 17.6 Å². The summed E-state index contributed by atoms with van der Waals surface area (Å²) in [7, 11) is -4.16. The molecule has 0 bridgehead atoms. The lowest BCUT2D eigenvalue weighted by Crippen LogP contribution is -2.24. The number of benzene rings is 2. The standard InChI is InChI=1S/C14H10F5NO2S/c15-11-3-6-13(16)9(7-11)8-20-23(21,22)12-4-1-10(2-5-12)14(17,18)19/h1-7,20H,8H2. The fourth-order valence-corrected chi connectivity index (χ4v) is 2.76. The van der Waals surface area contributed by atoms with E-state index < -0.39 is 44.8 Å². The van der Waals surface area contributed by atoms with Gasteiger partial charge in [-0.3, -0.25) is 0 Å². The van der Waals surface area contributed by atoms with E-state index in [0.29, 0.717) is 12.1 Å². The van der Waals surface area contributed by atoms with Gasteiger partial charge in [0, 0.05) is 12.1 Å². The van der Waals surface area contributed by atoms with E-state index in [1.54, 1.807) is 0 Å². The summed E-state index contributed by atoms with van der Waals surface area (Å²) in [5.41, 5.74) is -1.21. The molecule has 0 saturated carbocycles. The van der Waals surface area contributed by atoms with Crippen molar-refractivity contribution in [1.29, 1.82) is 0 Å². The summed E-state index contributed by atoms with van der Waals surface area (Å²) in [5, 5.41) is 0. The van der Waals surface area contributed by atoms with Crippen molar-refractivity contribution in [1.82, 2.24) is 4.72 Å². The molecule has 1 N–H and O–H groups in total. The first kappa shape index (κ1) is 17.4. The molecule has 0 aliphatic rings. The van der Waals surface area contributed by atoms with Crippen LogP contribution in [-0.2, 0) is 22.7 Å². The van der Waals surface area contributed by atoms with Crippen LogP contribution < -0.4 is 4.72 Å². The van der Waals surface area contributed by atoms with Crippen molar-refractivity contribution in [3.05, 3.63) is 65.2 Å². The maximum absolute atomic E-state index is 13.4. The molecule has 2 rings (SSSR count). The minimum Gasteiger partial charge on any atom is -0.207 e. The lowest BCUT2D eigenvalue weighted by Gasteiger charge is -2.10. The maximum atomic E-state index is 13.4. The second kappa shape index (κ2) is 6.25. The van der Waals surface area contributed by atoms with E-state index in [9.17, 15) is 30.4 Å². The van der Waals surface area contributed by atoms with E-state index in [0.717, 1.165) is 30.3 Å². The zero-order valence-electron chi connectivity index (χ0n) is 11.4. The van der Waals surface area contributed by atoms with Gasteiger partial charge in [-0.15, -0.1) is 0 Å². The van der Waals surface area contributed by atoms with Crippen molar-refractivity contribution in [3.63, 3.8) is 0 Å². The molecular weight excluding hydrogens is 341 g/mol. The predicted molar refractivity (Wildman–Crippen MR) is 71.8 cm³/mol. The van der Waals surface area contributed by atoms with Crippen LogP contribution in [0.2, 0.25) is 0 Å². The van der Waals surface area contributed by atoms with Crippen LogP contribution in [0.4, 0.5) is 22.0 Å². The van der Waals surface area contributed by atoms with Crippen LogP contribution in [0.15, 0.2) is 47.4 Å². The molecule has 0 saturated heterocycles. The number of alkyl halides is 3. The monoisotopic (exact) mass is 351 g/mol. The van der Waals surface area contributed by atoms with Crippen LogP contribution in [0.5, 0.6) is 0 Å². The van der Waals surface area contributed by atoms with Crippen LogP contribution >= 0.6 is 0 Å². The van der Waals surface area contributed by atoms with E-state index >= 15 is 0 Å². The zero-order valence-corrected chi connectivity index (χ0v) is 12.2. The molecule has 124 valence electrons. The Morgan fingerprint density at radius 3 is 2.13 bits per heavy atom. The van der Waals surface area contributed by atoms with E-state index in [-0.39, 0.29) is 5.56 Å². The summed E-state index contributed by atoms with van der Waals surface area (Å²) in [5.74, 6) is -1.54. The molecule has 0 aliphatic heterocycles. The Kier molecular flexibility index (Phi) is 4.71. The zero-order chi connectivity index (χ0) is 17.3. The maximum Gasteiger partial charge on any atom is 0.416 e. The van der Waals surface area contributed by atoms with Crippen molar-refractivity contribution >= 4 is 10.0 Å². The highest BCUT2D eigenvalue weighted by Gasteiger charge is 2.30. The summed E-state index contributed by atoms with van der Waals surface area (Å²) in [6.07, 6.45) is -4.58. The van der Waals surface area contributed by atoms with Crippen molar-refractivity contribution in [2.24, 2.45) is 0 Å². The first-order chi connectivity index (χ1) is 10.6. The van der Waals surface area contributed by atoms with E-state index in [1.807, 2.05) is 4.72 Å². The SMILES string of the molecule is O=S(=O)(NCc1cc(F)ccc1F)c1ccc(C(F)(F)F)cc1. The number of hydrogen-bond acceptors (Lipinski definition) is 2. The number of rotatable bonds is 4. The van der Waals surface area contributed by atoms with Crippen LogP contribution in [0.3, 0.4) is 0 Å². The van der Waals surface area contributed by atoms with Gasteiger partial charge in [0.2, 0.25) is 10.0 Å². The first-order valence-corrected chi connectivity index (χ1v) is 7.69. The average Bonchev–Trinajstić information content (AvgIpc) is 2.47. The van der Waals surface area contributed by atoms with Gasteiger partial charge in [0.15, 0.2) is 0 Å². The molecule has 0 radical (unpaired) electrons. The Labute approximate surface area is 128 Å². The molecule has 0 spiro atoms. The normalized spacial score (nSPS) is 12.4. The fourth-order valence-electron chi connectivity index (χ4n) is 1.76. The molecule has 23 heavy (non-hydrogen) atoms.